The zero-order valence-corrected chi connectivity index (χ0v) is 12.0. The third-order valence-electron chi connectivity index (χ3n) is 3.99. The molecule has 2 aliphatic heterocycles. The zero-order valence-electron chi connectivity index (χ0n) is 12.0. The smallest absolute Gasteiger partial charge is 0.220 e. The summed E-state index contributed by atoms with van der Waals surface area (Å²) in [4.78, 5) is 14.2. The van der Waals surface area contributed by atoms with E-state index >= 15 is 0 Å². The number of carbonyl (C=O) groups excluding carboxylic acids is 1. The molecule has 19 heavy (non-hydrogen) atoms. The zero-order chi connectivity index (χ0) is 13.5. The molecule has 2 unspecified atom stereocenters. The van der Waals surface area contributed by atoms with E-state index in [0.717, 1.165) is 52.4 Å². The second kappa shape index (κ2) is 7.82. The number of hydrogen-bond acceptors (Lipinski definition) is 4. The molecule has 0 bridgehead atoms. The molecule has 0 radical (unpaired) electrons. The third-order valence-corrected chi connectivity index (χ3v) is 3.99. The SMILES string of the molecule is CC(CN1CCOCC1)NC(=O)CCC1CCNC1. The van der Waals surface area contributed by atoms with Crippen molar-refractivity contribution in [3.05, 3.63) is 0 Å². The van der Waals surface area contributed by atoms with Gasteiger partial charge in [0.1, 0.15) is 0 Å². The number of morpholine rings is 1. The van der Waals surface area contributed by atoms with E-state index in [-0.39, 0.29) is 11.9 Å². The Kier molecular flexibility index (Phi) is 6.07. The van der Waals surface area contributed by atoms with Crippen molar-refractivity contribution in [3.8, 4) is 0 Å². The van der Waals surface area contributed by atoms with Crippen molar-refractivity contribution in [1.82, 2.24) is 15.5 Å². The topological polar surface area (TPSA) is 53.6 Å². The molecular weight excluding hydrogens is 242 g/mol. The molecule has 5 heteroatoms. The summed E-state index contributed by atoms with van der Waals surface area (Å²) >= 11 is 0. The van der Waals surface area contributed by atoms with E-state index in [4.69, 9.17) is 4.74 Å². The molecule has 5 nitrogen and oxygen atoms in total. The molecule has 0 aromatic rings. The van der Waals surface area contributed by atoms with Crippen LogP contribution in [-0.4, -0.2) is 62.8 Å². The van der Waals surface area contributed by atoms with Crippen molar-refractivity contribution in [2.24, 2.45) is 5.92 Å². The first-order valence-electron chi connectivity index (χ1n) is 7.54. The van der Waals surface area contributed by atoms with Gasteiger partial charge < -0.3 is 15.4 Å². The standard InChI is InChI=1S/C14H27N3O2/c1-12(11-17-6-8-19-9-7-17)16-14(18)3-2-13-4-5-15-10-13/h12-13,15H,2-11H2,1H3,(H,16,18). The van der Waals surface area contributed by atoms with Crippen LogP contribution in [0.1, 0.15) is 26.2 Å². The summed E-state index contributed by atoms with van der Waals surface area (Å²) in [6.45, 7) is 8.80. The summed E-state index contributed by atoms with van der Waals surface area (Å²) in [5.74, 6) is 0.896. The highest BCUT2D eigenvalue weighted by Gasteiger charge is 2.18. The first kappa shape index (κ1) is 14.8. The van der Waals surface area contributed by atoms with Gasteiger partial charge in [0, 0.05) is 32.1 Å². The molecule has 2 saturated heterocycles. The highest BCUT2D eigenvalue weighted by Crippen LogP contribution is 2.14. The highest BCUT2D eigenvalue weighted by molar-refractivity contribution is 5.76. The van der Waals surface area contributed by atoms with E-state index in [1.54, 1.807) is 0 Å². The Balaban J connectivity index is 1.57. The monoisotopic (exact) mass is 269 g/mol. The molecule has 110 valence electrons. The van der Waals surface area contributed by atoms with Crippen molar-refractivity contribution in [2.45, 2.75) is 32.2 Å². The predicted molar refractivity (Wildman–Crippen MR) is 75.1 cm³/mol. The van der Waals surface area contributed by atoms with Crippen LogP contribution in [0.4, 0.5) is 0 Å². The number of nitrogens with zero attached hydrogens (tertiary/aromatic N) is 1. The largest absolute Gasteiger partial charge is 0.379 e. The van der Waals surface area contributed by atoms with Gasteiger partial charge in [0.2, 0.25) is 5.91 Å². The van der Waals surface area contributed by atoms with Gasteiger partial charge in [0.25, 0.3) is 0 Å². The maximum atomic E-state index is 11.9. The van der Waals surface area contributed by atoms with Crippen LogP contribution >= 0.6 is 0 Å². The van der Waals surface area contributed by atoms with Crippen molar-refractivity contribution in [2.75, 3.05) is 45.9 Å². The molecule has 1 amide bonds. The summed E-state index contributed by atoms with van der Waals surface area (Å²) in [7, 11) is 0. The van der Waals surface area contributed by atoms with Gasteiger partial charge >= 0.3 is 0 Å². The number of ether oxygens (including phenoxy) is 1. The van der Waals surface area contributed by atoms with Crippen molar-refractivity contribution in [1.29, 1.82) is 0 Å². The molecule has 0 spiro atoms. The molecule has 2 atom stereocenters. The Hall–Kier alpha value is -0.650. The average molecular weight is 269 g/mol. The third kappa shape index (κ3) is 5.47. The first-order valence-corrected chi connectivity index (χ1v) is 7.54. The Bertz CT molecular complexity index is 274. The van der Waals surface area contributed by atoms with Gasteiger partial charge in [-0.1, -0.05) is 0 Å². The molecule has 0 aromatic heterocycles. The number of amides is 1. The van der Waals surface area contributed by atoms with Gasteiger partial charge in [0.05, 0.1) is 13.2 Å². The second-order valence-electron chi connectivity index (χ2n) is 5.78. The van der Waals surface area contributed by atoms with E-state index in [1.807, 2.05) is 0 Å². The minimum Gasteiger partial charge on any atom is -0.379 e. The van der Waals surface area contributed by atoms with Gasteiger partial charge in [-0.05, 0) is 38.8 Å². The summed E-state index contributed by atoms with van der Waals surface area (Å²) in [5, 5.41) is 6.45. The van der Waals surface area contributed by atoms with Gasteiger partial charge in [-0.25, -0.2) is 0 Å². The molecule has 0 aliphatic carbocycles. The highest BCUT2D eigenvalue weighted by atomic mass is 16.5. The molecule has 2 N–H and O–H groups in total. The van der Waals surface area contributed by atoms with Crippen LogP contribution in [0.25, 0.3) is 0 Å². The minimum atomic E-state index is 0.202. The van der Waals surface area contributed by atoms with E-state index in [0.29, 0.717) is 12.3 Å². The maximum Gasteiger partial charge on any atom is 0.220 e. The van der Waals surface area contributed by atoms with Crippen LogP contribution in [0.3, 0.4) is 0 Å². The quantitative estimate of drug-likeness (QED) is 0.724. The first-order chi connectivity index (χ1) is 9.24. The van der Waals surface area contributed by atoms with Gasteiger partial charge in [-0.2, -0.15) is 0 Å². The Morgan fingerprint density at radius 2 is 2.26 bits per heavy atom. The van der Waals surface area contributed by atoms with Crippen LogP contribution in [0, 0.1) is 5.92 Å². The van der Waals surface area contributed by atoms with Gasteiger partial charge in [0.15, 0.2) is 0 Å². The van der Waals surface area contributed by atoms with E-state index in [1.165, 1.54) is 6.42 Å². The fourth-order valence-electron chi connectivity index (χ4n) is 2.86. The molecule has 2 fully saturated rings. The lowest BCUT2D eigenvalue weighted by atomic mass is 10.0. The Labute approximate surface area is 116 Å². The van der Waals surface area contributed by atoms with E-state index in [9.17, 15) is 4.79 Å². The maximum absolute atomic E-state index is 11.9. The van der Waals surface area contributed by atoms with Crippen LogP contribution in [0.2, 0.25) is 0 Å². The van der Waals surface area contributed by atoms with Crippen LogP contribution in [-0.2, 0) is 9.53 Å². The fraction of sp³-hybridized carbons (Fsp3) is 0.929. The van der Waals surface area contributed by atoms with Crippen LogP contribution in [0.5, 0.6) is 0 Å². The fourth-order valence-corrected chi connectivity index (χ4v) is 2.86. The van der Waals surface area contributed by atoms with Crippen molar-refractivity contribution >= 4 is 5.91 Å². The van der Waals surface area contributed by atoms with Gasteiger partial charge in [-0.3, -0.25) is 9.69 Å². The van der Waals surface area contributed by atoms with Crippen LogP contribution < -0.4 is 10.6 Å². The van der Waals surface area contributed by atoms with E-state index < -0.39 is 0 Å². The molecular formula is C14H27N3O2. The lowest BCUT2D eigenvalue weighted by Crippen LogP contribution is -2.46. The Morgan fingerprint density at radius 1 is 1.47 bits per heavy atom. The minimum absolute atomic E-state index is 0.202. The normalized spacial score (nSPS) is 26.3. The molecule has 2 rings (SSSR count). The number of carbonyl (C=O) groups is 1. The number of hydrogen-bond donors (Lipinski definition) is 2. The Morgan fingerprint density at radius 3 is 2.95 bits per heavy atom. The van der Waals surface area contributed by atoms with Crippen LogP contribution in [0.15, 0.2) is 0 Å². The number of nitrogens with one attached hydrogen (secondary N) is 2. The van der Waals surface area contributed by atoms with E-state index in [2.05, 4.69) is 22.5 Å². The molecule has 0 saturated carbocycles. The van der Waals surface area contributed by atoms with Crippen molar-refractivity contribution < 1.29 is 9.53 Å². The lowest BCUT2D eigenvalue weighted by molar-refractivity contribution is -0.122. The number of rotatable bonds is 6. The van der Waals surface area contributed by atoms with Crippen molar-refractivity contribution in [3.63, 3.8) is 0 Å². The lowest BCUT2D eigenvalue weighted by Gasteiger charge is -2.29. The summed E-state index contributed by atoms with van der Waals surface area (Å²) in [5.41, 5.74) is 0. The molecule has 0 aromatic carbocycles. The second-order valence-corrected chi connectivity index (χ2v) is 5.78. The summed E-state index contributed by atoms with van der Waals surface area (Å²) in [6, 6.07) is 0.229. The summed E-state index contributed by atoms with van der Waals surface area (Å²) < 4.78 is 5.32. The van der Waals surface area contributed by atoms with Gasteiger partial charge in [-0.15, -0.1) is 0 Å². The average Bonchev–Trinajstić information content (AvgIpc) is 2.90. The summed E-state index contributed by atoms with van der Waals surface area (Å²) in [6.07, 6.45) is 2.90. The molecule has 2 heterocycles. The predicted octanol–water partition coefficient (Wildman–Crippen LogP) is 0.213. The molecule has 2 aliphatic rings.